The first-order valence-corrected chi connectivity index (χ1v) is 10.2. The van der Waals surface area contributed by atoms with Crippen LogP contribution in [0.3, 0.4) is 0 Å². The zero-order valence-corrected chi connectivity index (χ0v) is 21.8. The van der Waals surface area contributed by atoms with Gasteiger partial charge in [-0.25, -0.2) is 19.2 Å². The minimum Gasteiger partial charge on any atom is -0.478 e. The van der Waals surface area contributed by atoms with E-state index in [-0.39, 0.29) is 23.5 Å². The molecule has 0 rings (SSSR count). The van der Waals surface area contributed by atoms with Gasteiger partial charge in [-0.1, -0.05) is 46.2 Å². The number of primary amides is 1. The van der Waals surface area contributed by atoms with Gasteiger partial charge in [0.15, 0.2) is 0 Å². The molecule has 0 aromatic rings. The molecule has 1 amide bonds. The van der Waals surface area contributed by atoms with E-state index in [1.165, 1.54) is 20.1 Å². The summed E-state index contributed by atoms with van der Waals surface area (Å²) in [7, 11) is 1.33. The van der Waals surface area contributed by atoms with Crippen LogP contribution in [0.2, 0.25) is 0 Å². The quantitative estimate of drug-likeness (QED) is 0.209. The minimum absolute atomic E-state index is 0.176. The molecule has 0 aromatic heterocycles. The van der Waals surface area contributed by atoms with E-state index >= 15 is 0 Å². The van der Waals surface area contributed by atoms with Crippen molar-refractivity contribution < 1.29 is 43.3 Å². The van der Waals surface area contributed by atoms with Crippen molar-refractivity contribution in [3.05, 3.63) is 61.8 Å². The van der Waals surface area contributed by atoms with Crippen molar-refractivity contribution in [1.82, 2.24) is 0 Å². The maximum absolute atomic E-state index is 10.3. The number of rotatable bonds is 9. The van der Waals surface area contributed by atoms with E-state index in [1.807, 2.05) is 6.92 Å². The number of carbonyl (C=O) groups is 5. The Morgan fingerprint density at radius 1 is 0.829 bits per heavy atom. The first-order valence-electron chi connectivity index (χ1n) is 10.2. The van der Waals surface area contributed by atoms with Crippen LogP contribution >= 0.6 is 0 Å². The number of carbonyl (C=O) groups excluding carboxylic acids is 4. The summed E-state index contributed by atoms with van der Waals surface area (Å²) in [6.07, 6.45) is 4.29. The van der Waals surface area contributed by atoms with Gasteiger partial charge in [0, 0.05) is 28.9 Å². The Hall–Kier alpha value is -3.95. The molecule has 0 bridgehead atoms. The fraction of sp³-hybridized carbons (Fsp3) is 0.400. The first-order chi connectivity index (χ1) is 16.1. The fourth-order valence-corrected chi connectivity index (χ4v) is 0.751. The summed E-state index contributed by atoms with van der Waals surface area (Å²) < 4.78 is 13.4. The molecule has 3 N–H and O–H groups in total. The third-order valence-corrected chi connectivity index (χ3v) is 2.68. The number of unbranched alkanes of at least 4 members (excludes halogenated alkanes) is 1. The van der Waals surface area contributed by atoms with Gasteiger partial charge in [-0.05, 0) is 34.1 Å². The molecular formula is C25H41NO9. The SMILES string of the molecule is C=C(C)C(=O)O.C=C(C)C(=O)OC.C=C(C)C(N)=O.C=CC(=O)OCC.C=CC(=O)OCCCC. The molecule has 0 radical (unpaired) electrons. The highest BCUT2D eigenvalue weighted by Gasteiger charge is 1.95. The molecule has 0 saturated heterocycles. The largest absolute Gasteiger partial charge is 0.478 e. The van der Waals surface area contributed by atoms with Crippen molar-refractivity contribution in [3.63, 3.8) is 0 Å². The topological polar surface area (TPSA) is 159 Å². The van der Waals surface area contributed by atoms with Crippen molar-refractivity contribution in [3.8, 4) is 0 Å². The standard InChI is InChI=1S/C7H12O2.2C5H8O2.C4H7NO.C4H6O2/c1-3-5-6-9-7(8)4-2;1-4(2)5(6)7-3;1-3-5(6)7-4-2;2*1-3(2)4(5)6/h4H,2-3,5-6H2,1H3;1H2,2-3H3;3H,1,4H2,2H3;1H2,2H3,(H2,5,6);1H2,2H3,(H,5,6). The molecule has 0 spiro atoms. The lowest BCUT2D eigenvalue weighted by atomic mass is 10.3. The van der Waals surface area contributed by atoms with Gasteiger partial charge in [0.1, 0.15) is 0 Å². The number of amides is 1. The third-order valence-electron chi connectivity index (χ3n) is 2.68. The molecule has 0 heterocycles. The Kier molecular flexibility index (Phi) is 35.5. The Balaban J connectivity index is -0.000000108. The summed E-state index contributed by atoms with van der Waals surface area (Å²) in [6, 6.07) is 0. The predicted molar refractivity (Wildman–Crippen MR) is 136 cm³/mol. The number of esters is 3. The molecule has 0 aromatic carbocycles. The maximum atomic E-state index is 10.3. The van der Waals surface area contributed by atoms with Gasteiger partial charge in [-0.3, -0.25) is 4.79 Å². The Bertz CT molecular complexity index is 672. The number of ether oxygens (including phenoxy) is 3. The summed E-state index contributed by atoms with van der Waals surface area (Å²) in [4.78, 5) is 50.0. The molecule has 35 heavy (non-hydrogen) atoms. The van der Waals surface area contributed by atoms with E-state index in [4.69, 9.17) is 10.8 Å². The molecule has 0 fully saturated rings. The van der Waals surface area contributed by atoms with E-state index in [2.05, 4.69) is 47.1 Å². The van der Waals surface area contributed by atoms with Gasteiger partial charge in [0.05, 0.1) is 20.3 Å². The molecular weight excluding hydrogens is 458 g/mol. The summed E-state index contributed by atoms with van der Waals surface area (Å²) >= 11 is 0. The molecule has 0 saturated carbocycles. The lowest BCUT2D eigenvalue weighted by Gasteiger charge is -1.97. The molecule has 10 nitrogen and oxygen atoms in total. The molecule has 0 unspecified atom stereocenters. The van der Waals surface area contributed by atoms with Crippen molar-refractivity contribution in [2.45, 2.75) is 47.5 Å². The second-order valence-electron chi connectivity index (χ2n) is 6.18. The number of hydrogen-bond acceptors (Lipinski definition) is 8. The lowest BCUT2D eigenvalue weighted by molar-refractivity contribution is -0.138. The first kappa shape index (κ1) is 41.3. The highest BCUT2D eigenvalue weighted by molar-refractivity contribution is 5.90. The van der Waals surface area contributed by atoms with Gasteiger partial charge in [-0.15, -0.1) is 0 Å². The monoisotopic (exact) mass is 499 g/mol. The van der Waals surface area contributed by atoms with Gasteiger partial charge in [-0.2, -0.15) is 0 Å². The van der Waals surface area contributed by atoms with Crippen molar-refractivity contribution in [1.29, 1.82) is 0 Å². The second kappa shape index (κ2) is 30.0. The number of methoxy groups -OCH3 is 1. The lowest BCUT2D eigenvalue weighted by Crippen LogP contribution is -2.10. The van der Waals surface area contributed by atoms with Crippen molar-refractivity contribution >= 4 is 29.8 Å². The van der Waals surface area contributed by atoms with E-state index in [0.29, 0.717) is 24.4 Å². The fourth-order valence-electron chi connectivity index (χ4n) is 0.751. The van der Waals surface area contributed by atoms with Gasteiger partial charge >= 0.3 is 23.9 Å². The Morgan fingerprint density at radius 2 is 1.20 bits per heavy atom. The zero-order valence-electron chi connectivity index (χ0n) is 21.8. The maximum Gasteiger partial charge on any atom is 0.332 e. The normalized spacial score (nSPS) is 7.83. The molecule has 200 valence electrons. The van der Waals surface area contributed by atoms with Crippen LogP contribution in [0, 0.1) is 0 Å². The Labute approximate surface area is 208 Å². The summed E-state index contributed by atoms with van der Waals surface area (Å²) in [6.45, 7) is 25.6. The van der Waals surface area contributed by atoms with Crippen LogP contribution in [0.4, 0.5) is 0 Å². The van der Waals surface area contributed by atoms with Crippen LogP contribution in [0.5, 0.6) is 0 Å². The van der Waals surface area contributed by atoms with E-state index < -0.39 is 11.9 Å². The smallest absolute Gasteiger partial charge is 0.332 e. The van der Waals surface area contributed by atoms with Crippen LogP contribution in [-0.2, 0) is 38.2 Å². The van der Waals surface area contributed by atoms with Crippen LogP contribution in [0.1, 0.15) is 47.5 Å². The summed E-state index contributed by atoms with van der Waals surface area (Å²) in [5, 5.41) is 7.89. The number of carboxylic acids is 1. The van der Waals surface area contributed by atoms with E-state index in [1.54, 1.807) is 20.8 Å². The van der Waals surface area contributed by atoms with Crippen LogP contribution < -0.4 is 5.73 Å². The van der Waals surface area contributed by atoms with E-state index in [0.717, 1.165) is 18.9 Å². The van der Waals surface area contributed by atoms with Gasteiger partial charge in [0.2, 0.25) is 5.91 Å². The predicted octanol–water partition coefficient (Wildman–Crippen LogP) is 3.68. The molecule has 0 aliphatic heterocycles. The molecule has 10 heteroatoms. The molecule has 0 atom stereocenters. The highest BCUT2D eigenvalue weighted by atomic mass is 16.5. The molecule has 0 aliphatic rings. The molecule has 0 aliphatic carbocycles. The average Bonchev–Trinajstić information content (AvgIpc) is 2.80. The average molecular weight is 500 g/mol. The number of nitrogens with two attached hydrogens (primary N) is 1. The van der Waals surface area contributed by atoms with Crippen LogP contribution in [-0.4, -0.2) is 55.2 Å². The Morgan fingerprint density at radius 3 is 1.34 bits per heavy atom. The second-order valence-corrected chi connectivity index (χ2v) is 6.18. The highest BCUT2D eigenvalue weighted by Crippen LogP contribution is 1.88. The summed E-state index contributed by atoms with van der Waals surface area (Å²) in [5.74, 6) is -2.41. The van der Waals surface area contributed by atoms with Gasteiger partial charge < -0.3 is 25.1 Å². The zero-order chi connectivity index (χ0) is 29.0. The van der Waals surface area contributed by atoms with Crippen LogP contribution in [0.25, 0.3) is 0 Å². The minimum atomic E-state index is -0.935. The van der Waals surface area contributed by atoms with E-state index in [9.17, 15) is 24.0 Å². The number of aliphatic carboxylic acids is 1. The number of carboxylic acid groups (broad SMARTS) is 1. The van der Waals surface area contributed by atoms with Crippen molar-refractivity contribution in [2.24, 2.45) is 5.73 Å². The van der Waals surface area contributed by atoms with Crippen molar-refractivity contribution in [2.75, 3.05) is 20.3 Å². The third kappa shape index (κ3) is 48.6. The van der Waals surface area contributed by atoms with Gasteiger partial charge in [0.25, 0.3) is 0 Å². The number of hydrogen-bond donors (Lipinski definition) is 2. The summed E-state index contributed by atoms with van der Waals surface area (Å²) in [5.41, 5.74) is 5.70. The van der Waals surface area contributed by atoms with Crippen LogP contribution in [0.15, 0.2) is 61.8 Å².